The molecule has 1 aromatic rings. The van der Waals surface area contributed by atoms with E-state index in [1.807, 2.05) is 0 Å². The molecule has 0 spiro atoms. The number of hydrogen-bond acceptors (Lipinski definition) is 5. The van der Waals surface area contributed by atoms with Gasteiger partial charge < -0.3 is 9.47 Å². The van der Waals surface area contributed by atoms with Gasteiger partial charge in [0, 0.05) is 0 Å². The van der Waals surface area contributed by atoms with E-state index in [1.54, 1.807) is 0 Å². The van der Waals surface area contributed by atoms with Gasteiger partial charge in [-0.2, -0.15) is 13.2 Å². The first kappa shape index (κ1) is 20.8. The second-order valence-corrected chi connectivity index (χ2v) is 5.17. The molecule has 0 saturated heterocycles. The van der Waals surface area contributed by atoms with Crippen LogP contribution in [0.5, 0.6) is 0 Å². The van der Waals surface area contributed by atoms with E-state index in [4.69, 9.17) is 0 Å². The first-order valence-corrected chi connectivity index (χ1v) is 7.15. The monoisotopic (exact) mass is 369 g/mol. The number of halogens is 5. The topological polar surface area (TPSA) is 65.5 Å². The SMILES string of the molecule is CCOC(=O)c1c(C(F)(F)F)nc(C(F)F)c(C(=O)OC)c1C(C)C. The summed E-state index contributed by atoms with van der Waals surface area (Å²) >= 11 is 0. The fraction of sp³-hybridized carbons (Fsp3) is 0.533. The van der Waals surface area contributed by atoms with Crippen molar-refractivity contribution in [2.45, 2.75) is 39.3 Å². The van der Waals surface area contributed by atoms with Crippen LogP contribution < -0.4 is 0 Å². The van der Waals surface area contributed by atoms with Crippen molar-refractivity contribution in [1.29, 1.82) is 0 Å². The molecule has 25 heavy (non-hydrogen) atoms. The van der Waals surface area contributed by atoms with Gasteiger partial charge in [0.2, 0.25) is 0 Å². The van der Waals surface area contributed by atoms with E-state index in [0.717, 1.165) is 7.11 Å². The Morgan fingerprint density at radius 2 is 1.68 bits per heavy atom. The number of pyridine rings is 1. The molecule has 1 rings (SSSR count). The minimum atomic E-state index is -5.20. The summed E-state index contributed by atoms with van der Waals surface area (Å²) in [6.07, 6.45) is -8.69. The second-order valence-electron chi connectivity index (χ2n) is 5.17. The molecule has 0 aliphatic heterocycles. The second kappa shape index (κ2) is 7.75. The lowest BCUT2D eigenvalue weighted by Gasteiger charge is -2.22. The summed E-state index contributed by atoms with van der Waals surface area (Å²) in [5.41, 5.74) is -5.67. The molecule has 0 aliphatic carbocycles. The summed E-state index contributed by atoms with van der Waals surface area (Å²) in [6, 6.07) is 0. The molecule has 0 fully saturated rings. The molecular weight excluding hydrogens is 353 g/mol. The molecule has 0 aromatic carbocycles. The largest absolute Gasteiger partial charge is 0.465 e. The smallest absolute Gasteiger partial charge is 0.434 e. The Labute approximate surface area is 140 Å². The fourth-order valence-electron chi connectivity index (χ4n) is 2.29. The van der Waals surface area contributed by atoms with Crippen LogP contribution in [0.1, 0.15) is 70.8 Å². The number of hydrogen-bond donors (Lipinski definition) is 0. The number of methoxy groups -OCH3 is 1. The maximum atomic E-state index is 13.3. The van der Waals surface area contributed by atoms with Gasteiger partial charge in [-0.1, -0.05) is 13.8 Å². The Bertz CT molecular complexity index is 671. The molecule has 0 N–H and O–H groups in total. The van der Waals surface area contributed by atoms with E-state index in [2.05, 4.69) is 14.5 Å². The number of carbonyl (C=O) groups is 2. The molecule has 5 nitrogen and oxygen atoms in total. The van der Waals surface area contributed by atoms with Crippen LogP contribution in [0, 0.1) is 0 Å². The van der Waals surface area contributed by atoms with Crippen molar-refractivity contribution in [3.05, 3.63) is 28.1 Å². The van der Waals surface area contributed by atoms with Gasteiger partial charge in [0.25, 0.3) is 6.43 Å². The minimum Gasteiger partial charge on any atom is -0.465 e. The molecular formula is C15H16F5NO4. The number of rotatable bonds is 5. The van der Waals surface area contributed by atoms with E-state index >= 15 is 0 Å². The lowest BCUT2D eigenvalue weighted by Crippen LogP contribution is -2.25. The highest BCUT2D eigenvalue weighted by Crippen LogP contribution is 2.39. The molecule has 1 heterocycles. The lowest BCUT2D eigenvalue weighted by atomic mass is 9.89. The molecule has 140 valence electrons. The van der Waals surface area contributed by atoms with Gasteiger partial charge in [0.15, 0.2) is 5.69 Å². The van der Waals surface area contributed by atoms with Gasteiger partial charge in [-0.25, -0.2) is 23.4 Å². The highest BCUT2D eigenvalue weighted by molar-refractivity contribution is 6.00. The normalized spacial score (nSPS) is 11.8. The number of esters is 2. The van der Waals surface area contributed by atoms with Crippen LogP contribution in [-0.2, 0) is 15.7 Å². The van der Waals surface area contributed by atoms with Crippen molar-refractivity contribution in [2.75, 3.05) is 13.7 Å². The minimum absolute atomic E-state index is 0.252. The summed E-state index contributed by atoms with van der Waals surface area (Å²) < 4.78 is 75.5. The van der Waals surface area contributed by atoms with Gasteiger partial charge in [0.05, 0.1) is 24.8 Å². The third kappa shape index (κ3) is 4.23. The molecule has 0 radical (unpaired) electrons. The molecule has 0 aliphatic rings. The maximum absolute atomic E-state index is 13.3. The van der Waals surface area contributed by atoms with Crippen LogP contribution in [0.15, 0.2) is 0 Å². The summed E-state index contributed by atoms with van der Waals surface area (Å²) in [5, 5.41) is 0. The third-order valence-corrected chi connectivity index (χ3v) is 3.19. The average Bonchev–Trinajstić information content (AvgIpc) is 2.50. The molecule has 0 saturated carbocycles. The Morgan fingerprint density at radius 3 is 2.04 bits per heavy atom. The zero-order chi connectivity index (χ0) is 19.5. The standard InChI is InChI=1S/C15H16F5NO4/c1-5-25-14(23)9-7(6(2)3)8(13(22)24-4)10(12(16)17)21-11(9)15(18,19)20/h6,12H,5H2,1-4H3. The summed E-state index contributed by atoms with van der Waals surface area (Å²) in [7, 11) is 0.878. The number of nitrogens with zero attached hydrogens (tertiary/aromatic N) is 1. The van der Waals surface area contributed by atoms with Crippen molar-refractivity contribution in [1.82, 2.24) is 4.98 Å². The number of carbonyl (C=O) groups excluding carboxylic acids is 2. The van der Waals surface area contributed by atoms with Crippen LogP contribution in [0.2, 0.25) is 0 Å². The number of ether oxygens (including phenoxy) is 2. The van der Waals surface area contributed by atoms with Gasteiger partial charge in [-0.05, 0) is 18.4 Å². The lowest BCUT2D eigenvalue weighted by molar-refractivity contribution is -0.142. The predicted octanol–water partition coefficient (Wildman–Crippen LogP) is 4.12. The van der Waals surface area contributed by atoms with E-state index in [0.29, 0.717) is 0 Å². The molecule has 0 atom stereocenters. The van der Waals surface area contributed by atoms with Crippen molar-refractivity contribution in [3.8, 4) is 0 Å². The highest BCUT2D eigenvalue weighted by atomic mass is 19.4. The molecule has 0 unspecified atom stereocenters. The fourth-order valence-corrected chi connectivity index (χ4v) is 2.29. The summed E-state index contributed by atoms with van der Waals surface area (Å²) in [6.45, 7) is 3.81. The Morgan fingerprint density at radius 1 is 1.12 bits per heavy atom. The maximum Gasteiger partial charge on any atom is 0.434 e. The quantitative estimate of drug-likeness (QED) is 0.577. The van der Waals surface area contributed by atoms with Crippen LogP contribution in [0.3, 0.4) is 0 Å². The van der Waals surface area contributed by atoms with E-state index < -0.39 is 58.5 Å². The van der Waals surface area contributed by atoms with Crippen molar-refractivity contribution >= 4 is 11.9 Å². The zero-order valence-electron chi connectivity index (χ0n) is 13.8. The summed E-state index contributed by atoms with van der Waals surface area (Å²) in [5.74, 6) is -3.61. The molecule has 0 bridgehead atoms. The Hall–Kier alpha value is -2.26. The van der Waals surface area contributed by atoms with E-state index in [1.165, 1.54) is 20.8 Å². The average molecular weight is 369 g/mol. The number of aromatic nitrogens is 1. The Kier molecular flexibility index (Phi) is 6.44. The van der Waals surface area contributed by atoms with Crippen LogP contribution >= 0.6 is 0 Å². The van der Waals surface area contributed by atoms with Crippen molar-refractivity contribution in [3.63, 3.8) is 0 Å². The summed E-state index contributed by atoms with van der Waals surface area (Å²) in [4.78, 5) is 26.9. The van der Waals surface area contributed by atoms with Gasteiger partial charge in [0.1, 0.15) is 5.69 Å². The third-order valence-electron chi connectivity index (χ3n) is 3.19. The highest BCUT2D eigenvalue weighted by Gasteiger charge is 2.43. The predicted molar refractivity (Wildman–Crippen MR) is 75.6 cm³/mol. The van der Waals surface area contributed by atoms with Crippen molar-refractivity contribution < 1.29 is 41.0 Å². The van der Waals surface area contributed by atoms with E-state index in [9.17, 15) is 31.5 Å². The van der Waals surface area contributed by atoms with Crippen molar-refractivity contribution in [2.24, 2.45) is 0 Å². The molecule has 10 heteroatoms. The Balaban J connectivity index is 4.06. The van der Waals surface area contributed by atoms with Crippen LogP contribution in [0.4, 0.5) is 22.0 Å². The zero-order valence-corrected chi connectivity index (χ0v) is 13.8. The molecule has 0 amide bonds. The van der Waals surface area contributed by atoms with Gasteiger partial charge in [-0.3, -0.25) is 0 Å². The van der Waals surface area contributed by atoms with Gasteiger partial charge in [-0.15, -0.1) is 0 Å². The van der Waals surface area contributed by atoms with E-state index in [-0.39, 0.29) is 6.61 Å². The molecule has 1 aromatic heterocycles. The van der Waals surface area contributed by atoms with Gasteiger partial charge >= 0.3 is 18.1 Å². The van der Waals surface area contributed by atoms with Crippen LogP contribution in [-0.4, -0.2) is 30.6 Å². The number of alkyl halides is 5. The van der Waals surface area contributed by atoms with Crippen LogP contribution in [0.25, 0.3) is 0 Å². The first-order chi connectivity index (χ1) is 11.5. The first-order valence-electron chi connectivity index (χ1n) is 7.15.